The Morgan fingerprint density at radius 2 is 2.11 bits per heavy atom. The molecule has 4 nitrogen and oxygen atoms in total. The second kappa shape index (κ2) is 6.68. The lowest BCUT2D eigenvalue weighted by Gasteiger charge is -2.23. The predicted molar refractivity (Wildman–Crippen MR) is 74.8 cm³/mol. The number of rotatable bonds is 4. The van der Waals surface area contributed by atoms with E-state index in [4.69, 9.17) is 0 Å². The van der Waals surface area contributed by atoms with Crippen LogP contribution in [0.1, 0.15) is 18.9 Å². The van der Waals surface area contributed by atoms with Crippen molar-refractivity contribution in [3.8, 4) is 0 Å². The number of amides is 1. The quantitative estimate of drug-likeness (QED) is 0.844. The standard InChI is InChI=1S/C15H22N2O2/c1-12-7-9-17(15(19)14(11-18)16-12)10-8-13-5-3-2-4-6-13/h2-6,12,14,16,18H,7-11H2,1H3. The van der Waals surface area contributed by atoms with Crippen molar-refractivity contribution in [1.82, 2.24) is 10.2 Å². The average molecular weight is 262 g/mol. The van der Waals surface area contributed by atoms with E-state index in [9.17, 15) is 9.90 Å². The van der Waals surface area contributed by atoms with E-state index in [1.54, 1.807) is 0 Å². The Hall–Kier alpha value is -1.39. The van der Waals surface area contributed by atoms with Crippen LogP contribution in [0.25, 0.3) is 0 Å². The Kier molecular flexibility index (Phi) is 4.93. The predicted octanol–water partition coefficient (Wildman–Crippen LogP) is 0.800. The van der Waals surface area contributed by atoms with Crippen LogP contribution in [0, 0.1) is 0 Å². The highest BCUT2D eigenvalue weighted by atomic mass is 16.3. The maximum absolute atomic E-state index is 12.2. The second-order valence-electron chi connectivity index (χ2n) is 5.15. The number of carbonyl (C=O) groups is 1. The van der Waals surface area contributed by atoms with Crippen molar-refractivity contribution in [1.29, 1.82) is 0 Å². The van der Waals surface area contributed by atoms with Crippen LogP contribution in [0.5, 0.6) is 0 Å². The van der Waals surface area contributed by atoms with Gasteiger partial charge in [0, 0.05) is 19.1 Å². The minimum Gasteiger partial charge on any atom is -0.394 e. The summed E-state index contributed by atoms with van der Waals surface area (Å²) in [7, 11) is 0. The van der Waals surface area contributed by atoms with Gasteiger partial charge in [-0.25, -0.2) is 0 Å². The van der Waals surface area contributed by atoms with Crippen LogP contribution in [0.3, 0.4) is 0 Å². The van der Waals surface area contributed by atoms with Crippen LogP contribution in [-0.2, 0) is 11.2 Å². The first kappa shape index (κ1) is 14.0. The minimum atomic E-state index is -0.451. The van der Waals surface area contributed by atoms with Gasteiger partial charge in [0.15, 0.2) is 0 Å². The molecule has 1 aromatic carbocycles. The van der Waals surface area contributed by atoms with E-state index in [2.05, 4.69) is 24.4 Å². The molecule has 19 heavy (non-hydrogen) atoms. The van der Waals surface area contributed by atoms with E-state index in [0.29, 0.717) is 6.54 Å². The second-order valence-corrected chi connectivity index (χ2v) is 5.15. The summed E-state index contributed by atoms with van der Waals surface area (Å²) in [6, 6.07) is 9.99. The molecule has 0 saturated carbocycles. The van der Waals surface area contributed by atoms with Crippen LogP contribution in [0.15, 0.2) is 30.3 Å². The molecule has 1 aliphatic heterocycles. The first-order valence-corrected chi connectivity index (χ1v) is 6.90. The van der Waals surface area contributed by atoms with Crippen molar-refractivity contribution in [2.45, 2.75) is 31.8 Å². The molecule has 1 saturated heterocycles. The van der Waals surface area contributed by atoms with Crippen LogP contribution in [0.4, 0.5) is 0 Å². The summed E-state index contributed by atoms with van der Waals surface area (Å²) >= 11 is 0. The number of hydrogen-bond donors (Lipinski definition) is 2. The molecular weight excluding hydrogens is 240 g/mol. The van der Waals surface area contributed by atoms with Gasteiger partial charge in [-0.15, -0.1) is 0 Å². The summed E-state index contributed by atoms with van der Waals surface area (Å²) < 4.78 is 0. The Bertz CT molecular complexity index is 408. The zero-order chi connectivity index (χ0) is 13.7. The molecule has 2 rings (SSSR count). The molecule has 0 spiro atoms. The molecular formula is C15H22N2O2. The summed E-state index contributed by atoms with van der Waals surface area (Å²) in [5.41, 5.74) is 1.24. The largest absolute Gasteiger partial charge is 0.394 e. The van der Waals surface area contributed by atoms with Gasteiger partial charge in [-0.1, -0.05) is 30.3 Å². The summed E-state index contributed by atoms with van der Waals surface area (Å²) in [5.74, 6) is 0.0165. The van der Waals surface area contributed by atoms with Crippen LogP contribution < -0.4 is 5.32 Å². The number of nitrogens with zero attached hydrogens (tertiary/aromatic N) is 1. The number of hydrogen-bond acceptors (Lipinski definition) is 3. The number of nitrogens with one attached hydrogen (secondary N) is 1. The third-order valence-corrected chi connectivity index (χ3v) is 3.62. The highest BCUT2D eigenvalue weighted by Crippen LogP contribution is 2.09. The lowest BCUT2D eigenvalue weighted by Crippen LogP contribution is -2.47. The van der Waals surface area contributed by atoms with Crippen LogP contribution >= 0.6 is 0 Å². The van der Waals surface area contributed by atoms with Crippen molar-refractivity contribution >= 4 is 5.91 Å². The smallest absolute Gasteiger partial charge is 0.242 e. The Morgan fingerprint density at radius 3 is 2.79 bits per heavy atom. The maximum atomic E-state index is 12.2. The van der Waals surface area contributed by atoms with E-state index in [-0.39, 0.29) is 18.6 Å². The normalized spacial score (nSPS) is 24.3. The maximum Gasteiger partial charge on any atom is 0.242 e. The topological polar surface area (TPSA) is 52.6 Å². The van der Waals surface area contributed by atoms with Gasteiger partial charge in [-0.2, -0.15) is 0 Å². The summed E-state index contributed by atoms with van der Waals surface area (Å²) in [6.45, 7) is 3.39. The average Bonchev–Trinajstić information content (AvgIpc) is 2.58. The van der Waals surface area contributed by atoms with Gasteiger partial charge in [0.25, 0.3) is 0 Å². The van der Waals surface area contributed by atoms with Crippen LogP contribution in [0.2, 0.25) is 0 Å². The fraction of sp³-hybridized carbons (Fsp3) is 0.533. The SMILES string of the molecule is CC1CCN(CCc2ccccc2)C(=O)C(CO)N1. The van der Waals surface area contributed by atoms with Gasteiger partial charge in [-0.3, -0.25) is 4.79 Å². The third kappa shape index (κ3) is 3.78. The molecule has 2 N–H and O–H groups in total. The molecule has 1 amide bonds. The summed E-state index contributed by atoms with van der Waals surface area (Å²) in [6.07, 6.45) is 1.79. The molecule has 0 aliphatic carbocycles. The summed E-state index contributed by atoms with van der Waals surface area (Å²) in [5, 5.41) is 12.5. The first-order valence-electron chi connectivity index (χ1n) is 6.90. The van der Waals surface area contributed by atoms with E-state index in [1.165, 1.54) is 5.56 Å². The Balaban J connectivity index is 1.96. The molecule has 1 fully saturated rings. The molecule has 2 unspecified atom stereocenters. The highest BCUT2D eigenvalue weighted by Gasteiger charge is 2.28. The minimum absolute atomic E-state index is 0.0165. The lowest BCUT2D eigenvalue weighted by molar-refractivity contribution is -0.133. The number of carbonyl (C=O) groups excluding carboxylic acids is 1. The van der Waals surface area contributed by atoms with Crippen molar-refractivity contribution in [3.05, 3.63) is 35.9 Å². The molecule has 2 atom stereocenters. The highest BCUT2D eigenvalue weighted by molar-refractivity contribution is 5.82. The number of aliphatic hydroxyl groups excluding tert-OH is 1. The van der Waals surface area contributed by atoms with Crippen molar-refractivity contribution in [3.63, 3.8) is 0 Å². The van der Waals surface area contributed by atoms with E-state index < -0.39 is 6.04 Å². The summed E-state index contributed by atoms with van der Waals surface area (Å²) in [4.78, 5) is 14.1. The van der Waals surface area contributed by atoms with Gasteiger partial charge in [-0.05, 0) is 25.3 Å². The van der Waals surface area contributed by atoms with E-state index in [0.717, 1.165) is 19.4 Å². The fourth-order valence-corrected chi connectivity index (χ4v) is 2.44. The van der Waals surface area contributed by atoms with E-state index >= 15 is 0 Å². The molecule has 0 aromatic heterocycles. The molecule has 4 heteroatoms. The molecule has 1 aromatic rings. The van der Waals surface area contributed by atoms with Crippen molar-refractivity contribution < 1.29 is 9.90 Å². The molecule has 104 valence electrons. The van der Waals surface area contributed by atoms with Crippen molar-refractivity contribution in [2.75, 3.05) is 19.7 Å². The zero-order valence-corrected chi connectivity index (χ0v) is 11.4. The molecule has 1 heterocycles. The first-order chi connectivity index (χ1) is 9.20. The van der Waals surface area contributed by atoms with Crippen molar-refractivity contribution in [2.24, 2.45) is 0 Å². The third-order valence-electron chi connectivity index (χ3n) is 3.62. The van der Waals surface area contributed by atoms with Gasteiger partial charge < -0.3 is 15.3 Å². The van der Waals surface area contributed by atoms with Gasteiger partial charge >= 0.3 is 0 Å². The monoisotopic (exact) mass is 262 g/mol. The number of benzene rings is 1. The van der Waals surface area contributed by atoms with Gasteiger partial charge in [0.1, 0.15) is 6.04 Å². The van der Waals surface area contributed by atoms with Crippen LogP contribution in [-0.4, -0.2) is 47.7 Å². The zero-order valence-electron chi connectivity index (χ0n) is 11.4. The number of aliphatic hydroxyl groups is 1. The Labute approximate surface area is 114 Å². The lowest BCUT2D eigenvalue weighted by atomic mass is 10.1. The Morgan fingerprint density at radius 1 is 1.37 bits per heavy atom. The molecule has 1 aliphatic rings. The van der Waals surface area contributed by atoms with E-state index in [1.807, 2.05) is 23.1 Å². The van der Waals surface area contributed by atoms with Gasteiger partial charge in [0.2, 0.25) is 5.91 Å². The van der Waals surface area contributed by atoms with Gasteiger partial charge in [0.05, 0.1) is 6.61 Å². The molecule has 0 radical (unpaired) electrons. The fourth-order valence-electron chi connectivity index (χ4n) is 2.44. The molecule has 0 bridgehead atoms.